The summed E-state index contributed by atoms with van der Waals surface area (Å²) >= 11 is 2.22. The molecule has 2 heterocycles. The fraction of sp³-hybridized carbons (Fsp3) is 0.615. The number of nitrogens with zero attached hydrogens (tertiary/aromatic N) is 1. The summed E-state index contributed by atoms with van der Waals surface area (Å²) in [5.41, 5.74) is 0.714. The van der Waals surface area contributed by atoms with Gasteiger partial charge in [0.15, 0.2) is 0 Å². The van der Waals surface area contributed by atoms with E-state index in [2.05, 4.69) is 39.8 Å². The Morgan fingerprint density at radius 2 is 2.22 bits per heavy atom. The third-order valence-electron chi connectivity index (χ3n) is 3.35. The maximum atomic E-state index is 12.5. The molecule has 2 rings (SSSR count). The van der Waals surface area contributed by atoms with Gasteiger partial charge >= 0.3 is 0 Å². The van der Waals surface area contributed by atoms with Crippen LogP contribution in [-0.2, 0) is 0 Å². The Morgan fingerprint density at radius 1 is 1.50 bits per heavy atom. The van der Waals surface area contributed by atoms with Crippen LogP contribution in [0.5, 0.6) is 0 Å². The number of aromatic amines is 1. The number of amides is 1. The van der Waals surface area contributed by atoms with Crippen LogP contribution in [0.2, 0.25) is 0 Å². The fourth-order valence-electron chi connectivity index (χ4n) is 2.46. The van der Waals surface area contributed by atoms with Crippen molar-refractivity contribution >= 4 is 28.5 Å². The van der Waals surface area contributed by atoms with E-state index >= 15 is 0 Å². The van der Waals surface area contributed by atoms with Crippen molar-refractivity contribution in [2.45, 2.75) is 32.2 Å². The Morgan fingerprint density at radius 3 is 2.78 bits per heavy atom. The normalized spacial score (nSPS) is 16.8. The first-order valence-electron chi connectivity index (χ1n) is 6.58. The molecule has 1 aliphatic rings. The van der Waals surface area contributed by atoms with Crippen LogP contribution in [0.25, 0.3) is 0 Å². The number of halogens is 1. The first-order chi connectivity index (χ1) is 8.72. The van der Waals surface area contributed by atoms with E-state index in [1.807, 2.05) is 17.2 Å². The second-order valence-corrected chi connectivity index (χ2v) is 5.96. The van der Waals surface area contributed by atoms with Gasteiger partial charge in [-0.15, -0.1) is 0 Å². The van der Waals surface area contributed by atoms with Crippen LogP contribution in [0.15, 0.2) is 12.3 Å². The number of H-pyrrole nitrogens is 1. The van der Waals surface area contributed by atoms with Gasteiger partial charge in [-0.1, -0.05) is 6.92 Å². The van der Waals surface area contributed by atoms with Crippen LogP contribution >= 0.6 is 22.6 Å². The first-order valence-corrected chi connectivity index (χ1v) is 7.66. The van der Waals surface area contributed by atoms with Crippen molar-refractivity contribution in [2.24, 2.45) is 0 Å². The van der Waals surface area contributed by atoms with Gasteiger partial charge in [-0.2, -0.15) is 0 Å². The van der Waals surface area contributed by atoms with Crippen LogP contribution in [-0.4, -0.2) is 41.5 Å². The Bertz CT molecular complexity index is 399. The lowest BCUT2D eigenvalue weighted by atomic mass is 10.0. The van der Waals surface area contributed by atoms with E-state index in [9.17, 15) is 4.79 Å². The predicted octanol–water partition coefficient (Wildman–Crippen LogP) is 2.22. The van der Waals surface area contributed by atoms with E-state index in [0.29, 0.717) is 11.7 Å². The minimum Gasteiger partial charge on any atom is -0.356 e. The van der Waals surface area contributed by atoms with Crippen LogP contribution < -0.4 is 5.32 Å². The smallest absolute Gasteiger partial charge is 0.270 e. The SMILES string of the molecule is CCCN(C(=O)c1cc(I)c[nH]1)C1CCNCC1. The highest BCUT2D eigenvalue weighted by atomic mass is 127. The van der Waals surface area contributed by atoms with E-state index in [-0.39, 0.29) is 5.91 Å². The summed E-state index contributed by atoms with van der Waals surface area (Å²) in [4.78, 5) is 17.6. The quantitative estimate of drug-likeness (QED) is 0.808. The lowest BCUT2D eigenvalue weighted by Crippen LogP contribution is -2.46. The number of rotatable bonds is 4. The third-order valence-corrected chi connectivity index (χ3v) is 3.98. The van der Waals surface area contributed by atoms with Gasteiger partial charge in [0.2, 0.25) is 0 Å². The van der Waals surface area contributed by atoms with Gasteiger partial charge in [-0.3, -0.25) is 4.79 Å². The molecule has 0 radical (unpaired) electrons. The molecule has 4 nitrogen and oxygen atoms in total. The number of nitrogens with one attached hydrogen (secondary N) is 2. The highest BCUT2D eigenvalue weighted by molar-refractivity contribution is 14.1. The summed E-state index contributed by atoms with van der Waals surface area (Å²) < 4.78 is 1.08. The molecule has 2 N–H and O–H groups in total. The average Bonchev–Trinajstić information content (AvgIpc) is 2.83. The summed E-state index contributed by atoms with van der Waals surface area (Å²) in [7, 11) is 0. The van der Waals surface area contributed by atoms with Crippen molar-refractivity contribution in [1.82, 2.24) is 15.2 Å². The molecule has 0 bridgehead atoms. The standard InChI is InChI=1S/C13H20IN3O/c1-2-7-17(11-3-5-15-6-4-11)13(18)12-8-10(14)9-16-12/h8-9,11,15-16H,2-7H2,1H3. The second kappa shape index (κ2) is 6.56. The monoisotopic (exact) mass is 361 g/mol. The van der Waals surface area contributed by atoms with E-state index < -0.39 is 0 Å². The van der Waals surface area contributed by atoms with E-state index in [0.717, 1.165) is 42.5 Å². The summed E-state index contributed by atoms with van der Waals surface area (Å²) in [6.45, 7) is 5.00. The van der Waals surface area contributed by atoms with Gasteiger partial charge in [0.05, 0.1) is 0 Å². The minimum absolute atomic E-state index is 0.145. The molecule has 100 valence electrons. The first kappa shape index (κ1) is 13.9. The molecule has 0 aromatic carbocycles. The molecule has 0 saturated carbocycles. The van der Waals surface area contributed by atoms with Crippen molar-refractivity contribution in [3.05, 3.63) is 21.5 Å². The number of carbonyl (C=O) groups excluding carboxylic acids is 1. The van der Waals surface area contributed by atoms with Gasteiger partial charge in [0.25, 0.3) is 5.91 Å². The number of hydrogen-bond donors (Lipinski definition) is 2. The molecule has 0 aliphatic carbocycles. The molecule has 0 spiro atoms. The van der Waals surface area contributed by atoms with Crippen LogP contribution in [0.4, 0.5) is 0 Å². The van der Waals surface area contributed by atoms with Crippen molar-refractivity contribution in [3.8, 4) is 0 Å². The maximum Gasteiger partial charge on any atom is 0.270 e. The van der Waals surface area contributed by atoms with E-state index in [1.54, 1.807) is 0 Å². The van der Waals surface area contributed by atoms with Gasteiger partial charge in [0.1, 0.15) is 5.69 Å². The van der Waals surface area contributed by atoms with Crippen molar-refractivity contribution < 1.29 is 4.79 Å². The highest BCUT2D eigenvalue weighted by Crippen LogP contribution is 2.17. The van der Waals surface area contributed by atoms with Gasteiger partial charge < -0.3 is 15.2 Å². The van der Waals surface area contributed by atoms with Gasteiger partial charge in [-0.25, -0.2) is 0 Å². The fourth-order valence-corrected chi connectivity index (χ4v) is 2.92. The summed E-state index contributed by atoms with van der Waals surface area (Å²) in [5, 5.41) is 3.35. The summed E-state index contributed by atoms with van der Waals surface area (Å²) in [5.74, 6) is 0.145. The Balaban J connectivity index is 2.10. The summed E-state index contributed by atoms with van der Waals surface area (Å²) in [6, 6.07) is 2.31. The Hall–Kier alpha value is -0.560. The molecule has 0 atom stereocenters. The highest BCUT2D eigenvalue weighted by Gasteiger charge is 2.26. The van der Waals surface area contributed by atoms with Crippen molar-refractivity contribution in [3.63, 3.8) is 0 Å². The van der Waals surface area contributed by atoms with Crippen LogP contribution in [0.1, 0.15) is 36.7 Å². The minimum atomic E-state index is 0.145. The topological polar surface area (TPSA) is 48.1 Å². The molecule has 5 heteroatoms. The summed E-state index contributed by atoms with van der Waals surface area (Å²) in [6.07, 6.45) is 5.00. The largest absolute Gasteiger partial charge is 0.356 e. The predicted molar refractivity (Wildman–Crippen MR) is 80.7 cm³/mol. The number of carbonyl (C=O) groups is 1. The van der Waals surface area contributed by atoms with Crippen LogP contribution in [0, 0.1) is 3.57 Å². The molecule has 1 aliphatic heterocycles. The lowest BCUT2D eigenvalue weighted by Gasteiger charge is -2.34. The zero-order valence-electron chi connectivity index (χ0n) is 10.7. The molecule has 1 amide bonds. The second-order valence-electron chi connectivity index (χ2n) is 4.71. The Labute approximate surface area is 122 Å². The van der Waals surface area contributed by atoms with Gasteiger partial charge in [0, 0.05) is 22.4 Å². The zero-order valence-corrected chi connectivity index (χ0v) is 12.9. The number of aromatic nitrogens is 1. The Kier molecular flexibility index (Phi) is 5.05. The molecule has 1 aromatic heterocycles. The average molecular weight is 361 g/mol. The number of hydrogen-bond acceptors (Lipinski definition) is 2. The van der Waals surface area contributed by atoms with E-state index in [4.69, 9.17) is 0 Å². The van der Waals surface area contributed by atoms with Crippen molar-refractivity contribution in [2.75, 3.05) is 19.6 Å². The van der Waals surface area contributed by atoms with E-state index in [1.165, 1.54) is 0 Å². The maximum absolute atomic E-state index is 12.5. The molecule has 1 fully saturated rings. The lowest BCUT2D eigenvalue weighted by molar-refractivity contribution is 0.0637. The molecular weight excluding hydrogens is 341 g/mol. The molecule has 0 unspecified atom stereocenters. The molecule has 1 saturated heterocycles. The molecular formula is C13H20IN3O. The van der Waals surface area contributed by atoms with Gasteiger partial charge in [-0.05, 0) is 61.0 Å². The number of piperidine rings is 1. The van der Waals surface area contributed by atoms with Crippen molar-refractivity contribution in [1.29, 1.82) is 0 Å². The van der Waals surface area contributed by atoms with Crippen LogP contribution in [0.3, 0.4) is 0 Å². The third kappa shape index (κ3) is 3.26. The zero-order chi connectivity index (χ0) is 13.0. The molecule has 18 heavy (non-hydrogen) atoms. The molecule has 1 aromatic rings.